The normalized spacial score (nSPS) is 18.1. The number of sulfonamides is 1. The van der Waals surface area contributed by atoms with Gasteiger partial charge >= 0.3 is 0 Å². The first-order valence-corrected chi connectivity index (χ1v) is 8.69. The van der Waals surface area contributed by atoms with Gasteiger partial charge in [-0.3, -0.25) is 0 Å². The first-order valence-electron chi connectivity index (χ1n) is 6.42. The molecule has 7 heteroatoms. The summed E-state index contributed by atoms with van der Waals surface area (Å²) in [7, 11) is -2.29. The molecule has 1 saturated carbocycles. The summed E-state index contributed by atoms with van der Waals surface area (Å²) in [4.78, 5) is 0.0657. The van der Waals surface area contributed by atoms with Gasteiger partial charge in [-0.2, -0.15) is 0 Å². The number of hydrogen-bond donors (Lipinski definition) is 2. The van der Waals surface area contributed by atoms with Crippen molar-refractivity contribution in [2.75, 3.05) is 13.7 Å². The van der Waals surface area contributed by atoms with Crippen molar-refractivity contribution < 1.29 is 18.3 Å². The van der Waals surface area contributed by atoms with Crippen LogP contribution in [-0.2, 0) is 10.0 Å². The van der Waals surface area contributed by atoms with E-state index in [0.717, 1.165) is 12.8 Å². The molecule has 2 rings (SSSR count). The van der Waals surface area contributed by atoms with Crippen LogP contribution in [0.25, 0.3) is 0 Å². The quantitative estimate of drug-likeness (QED) is 0.839. The number of methoxy groups -OCH3 is 1. The van der Waals surface area contributed by atoms with Crippen molar-refractivity contribution in [2.45, 2.75) is 36.2 Å². The third kappa shape index (κ3) is 3.52. The summed E-state index contributed by atoms with van der Waals surface area (Å²) in [6.07, 6.45) is 3.12. The van der Waals surface area contributed by atoms with Gasteiger partial charge in [0.25, 0.3) is 0 Å². The standard InChI is InChI=1S/C13H18BrNO4S/c1-19-11-5-4-10(14)8-12(11)20(17,18)15-9-13(16)6-2-3-7-13/h4-5,8,15-16H,2-3,6-7,9H2,1H3. The lowest BCUT2D eigenvalue weighted by Crippen LogP contribution is -2.40. The first kappa shape index (κ1) is 15.8. The van der Waals surface area contributed by atoms with Crippen LogP contribution in [0.1, 0.15) is 25.7 Å². The van der Waals surface area contributed by atoms with Crippen LogP contribution in [0.3, 0.4) is 0 Å². The van der Waals surface area contributed by atoms with Crippen molar-refractivity contribution in [3.05, 3.63) is 22.7 Å². The lowest BCUT2D eigenvalue weighted by molar-refractivity contribution is 0.0531. The number of benzene rings is 1. The molecule has 0 aromatic heterocycles. The molecule has 0 heterocycles. The smallest absolute Gasteiger partial charge is 0.244 e. The second kappa shape index (κ2) is 6.01. The molecule has 0 spiro atoms. The molecule has 5 nitrogen and oxygen atoms in total. The van der Waals surface area contributed by atoms with Gasteiger partial charge in [-0.05, 0) is 31.0 Å². The van der Waals surface area contributed by atoms with E-state index in [1.165, 1.54) is 13.2 Å². The minimum absolute atomic E-state index is 0.0327. The number of aliphatic hydroxyl groups is 1. The Bertz CT molecular complexity index is 582. The highest BCUT2D eigenvalue weighted by Gasteiger charge is 2.33. The maximum absolute atomic E-state index is 12.3. The summed E-state index contributed by atoms with van der Waals surface area (Å²) in [6.45, 7) is 0.0327. The Morgan fingerprint density at radius 1 is 1.40 bits per heavy atom. The predicted octanol–water partition coefficient (Wildman–Crippen LogP) is 2.04. The van der Waals surface area contributed by atoms with Gasteiger partial charge in [-0.1, -0.05) is 28.8 Å². The highest BCUT2D eigenvalue weighted by atomic mass is 79.9. The zero-order valence-electron chi connectivity index (χ0n) is 11.2. The zero-order valence-corrected chi connectivity index (χ0v) is 13.6. The number of rotatable bonds is 5. The van der Waals surface area contributed by atoms with Gasteiger partial charge in [0.2, 0.25) is 10.0 Å². The second-order valence-corrected chi connectivity index (χ2v) is 7.70. The Morgan fingerprint density at radius 2 is 2.05 bits per heavy atom. The predicted molar refractivity (Wildman–Crippen MR) is 79.3 cm³/mol. The van der Waals surface area contributed by atoms with Crippen LogP contribution in [0.15, 0.2) is 27.6 Å². The van der Waals surface area contributed by atoms with Gasteiger partial charge in [-0.15, -0.1) is 0 Å². The fraction of sp³-hybridized carbons (Fsp3) is 0.538. The Labute approximate surface area is 127 Å². The fourth-order valence-electron chi connectivity index (χ4n) is 2.38. The van der Waals surface area contributed by atoms with Crippen molar-refractivity contribution in [1.29, 1.82) is 0 Å². The van der Waals surface area contributed by atoms with Gasteiger partial charge in [0.15, 0.2) is 0 Å². The molecular weight excluding hydrogens is 346 g/mol. The monoisotopic (exact) mass is 363 g/mol. The fourth-order valence-corrected chi connectivity index (χ4v) is 4.20. The Hall–Kier alpha value is -0.630. The maximum Gasteiger partial charge on any atom is 0.244 e. The average Bonchev–Trinajstić information content (AvgIpc) is 2.84. The maximum atomic E-state index is 12.3. The van der Waals surface area contributed by atoms with Crippen LogP contribution >= 0.6 is 15.9 Å². The Morgan fingerprint density at radius 3 is 2.65 bits per heavy atom. The molecule has 0 aliphatic heterocycles. The van der Waals surface area contributed by atoms with Crippen molar-refractivity contribution in [1.82, 2.24) is 4.72 Å². The number of halogens is 1. The minimum Gasteiger partial charge on any atom is -0.495 e. The summed E-state index contributed by atoms with van der Waals surface area (Å²) in [6, 6.07) is 4.78. The van der Waals surface area contributed by atoms with E-state index in [0.29, 0.717) is 17.3 Å². The topological polar surface area (TPSA) is 75.6 Å². The third-order valence-electron chi connectivity index (χ3n) is 3.54. The SMILES string of the molecule is COc1ccc(Br)cc1S(=O)(=O)NCC1(O)CCCC1. The molecule has 1 fully saturated rings. The molecule has 0 saturated heterocycles. The molecular formula is C13H18BrNO4S. The summed E-state index contributed by atoms with van der Waals surface area (Å²) in [5, 5.41) is 10.2. The van der Waals surface area contributed by atoms with Crippen molar-refractivity contribution in [3.8, 4) is 5.75 Å². The van der Waals surface area contributed by atoms with Crippen LogP contribution in [0.5, 0.6) is 5.75 Å². The minimum atomic E-state index is -3.72. The molecule has 0 amide bonds. The molecule has 20 heavy (non-hydrogen) atoms. The summed E-state index contributed by atoms with van der Waals surface area (Å²) in [5.41, 5.74) is -0.924. The van der Waals surface area contributed by atoms with E-state index in [9.17, 15) is 13.5 Å². The first-order chi connectivity index (χ1) is 9.36. The van der Waals surface area contributed by atoms with E-state index in [4.69, 9.17) is 4.74 Å². The lowest BCUT2D eigenvalue weighted by atomic mass is 10.0. The van der Waals surface area contributed by atoms with E-state index in [-0.39, 0.29) is 17.2 Å². The summed E-state index contributed by atoms with van der Waals surface area (Å²) < 4.78 is 32.9. The number of ether oxygens (including phenoxy) is 1. The van der Waals surface area contributed by atoms with E-state index in [1.807, 2.05) is 0 Å². The zero-order chi connectivity index (χ0) is 14.8. The van der Waals surface area contributed by atoms with Gasteiger partial charge in [0.1, 0.15) is 10.6 Å². The summed E-state index contributed by atoms with van der Waals surface area (Å²) >= 11 is 3.25. The molecule has 0 atom stereocenters. The van der Waals surface area contributed by atoms with Gasteiger partial charge < -0.3 is 9.84 Å². The van der Waals surface area contributed by atoms with Crippen molar-refractivity contribution in [2.24, 2.45) is 0 Å². The van der Waals surface area contributed by atoms with E-state index >= 15 is 0 Å². The van der Waals surface area contributed by atoms with Gasteiger partial charge in [0.05, 0.1) is 12.7 Å². The van der Waals surface area contributed by atoms with Crippen LogP contribution < -0.4 is 9.46 Å². The largest absolute Gasteiger partial charge is 0.495 e. The van der Waals surface area contributed by atoms with Crippen LogP contribution in [0.4, 0.5) is 0 Å². The molecule has 112 valence electrons. The van der Waals surface area contributed by atoms with E-state index in [1.54, 1.807) is 12.1 Å². The third-order valence-corrected chi connectivity index (χ3v) is 5.46. The van der Waals surface area contributed by atoms with E-state index in [2.05, 4.69) is 20.7 Å². The Kier molecular flexibility index (Phi) is 4.73. The number of nitrogens with one attached hydrogen (secondary N) is 1. The van der Waals surface area contributed by atoms with Crippen molar-refractivity contribution in [3.63, 3.8) is 0 Å². The average molecular weight is 364 g/mol. The highest BCUT2D eigenvalue weighted by molar-refractivity contribution is 9.10. The molecule has 0 radical (unpaired) electrons. The molecule has 1 aliphatic carbocycles. The number of hydrogen-bond acceptors (Lipinski definition) is 4. The second-order valence-electron chi connectivity index (χ2n) is 5.05. The van der Waals surface area contributed by atoms with Crippen molar-refractivity contribution >= 4 is 26.0 Å². The lowest BCUT2D eigenvalue weighted by Gasteiger charge is -2.22. The van der Waals surface area contributed by atoms with Gasteiger partial charge in [0, 0.05) is 11.0 Å². The van der Waals surface area contributed by atoms with Crippen LogP contribution in [0, 0.1) is 0 Å². The van der Waals surface area contributed by atoms with Crippen LogP contribution in [-0.4, -0.2) is 32.8 Å². The van der Waals surface area contributed by atoms with Gasteiger partial charge in [-0.25, -0.2) is 13.1 Å². The summed E-state index contributed by atoms with van der Waals surface area (Å²) in [5.74, 6) is 0.277. The molecule has 1 aromatic rings. The molecule has 1 aliphatic rings. The van der Waals surface area contributed by atoms with Crippen LogP contribution in [0.2, 0.25) is 0 Å². The molecule has 0 bridgehead atoms. The molecule has 2 N–H and O–H groups in total. The molecule has 1 aromatic carbocycles. The highest BCUT2D eigenvalue weighted by Crippen LogP contribution is 2.30. The van der Waals surface area contributed by atoms with E-state index < -0.39 is 15.6 Å². The Balaban J connectivity index is 2.20. The molecule has 0 unspecified atom stereocenters.